The zero-order valence-electron chi connectivity index (χ0n) is 13.7. The van der Waals surface area contributed by atoms with Crippen LogP contribution in [0.2, 0.25) is 0 Å². The second kappa shape index (κ2) is 7.54. The molecule has 0 bridgehead atoms. The summed E-state index contributed by atoms with van der Waals surface area (Å²) < 4.78 is 0. The van der Waals surface area contributed by atoms with Gasteiger partial charge >= 0.3 is 0 Å². The molecule has 5 nitrogen and oxygen atoms in total. The monoisotopic (exact) mass is 311 g/mol. The number of rotatable bonds is 5. The number of amides is 2. The zero-order valence-corrected chi connectivity index (χ0v) is 13.7. The molecule has 23 heavy (non-hydrogen) atoms. The Balaban J connectivity index is 2.02. The molecule has 5 heteroatoms. The van der Waals surface area contributed by atoms with Gasteiger partial charge in [0.2, 0.25) is 11.8 Å². The lowest BCUT2D eigenvalue weighted by atomic mass is 10.1. The molecule has 2 amide bonds. The van der Waals surface area contributed by atoms with Crippen LogP contribution in [0.1, 0.15) is 23.6 Å². The summed E-state index contributed by atoms with van der Waals surface area (Å²) >= 11 is 0. The lowest BCUT2D eigenvalue weighted by Crippen LogP contribution is -2.39. The number of nitrogens with zero attached hydrogens (tertiary/aromatic N) is 2. The Hall–Kier alpha value is -2.69. The van der Waals surface area contributed by atoms with E-state index >= 15 is 0 Å². The third-order valence-electron chi connectivity index (χ3n) is 3.70. The van der Waals surface area contributed by atoms with Gasteiger partial charge in [-0.1, -0.05) is 12.1 Å². The highest BCUT2D eigenvalue weighted by molar-refractivity contribution is 5.97. The molecule has 2 aromatic rings. The van der Waals surface area contributed by atoms with Gasteiger partial charge in [0.15, 0.2) is 0 Å². The first-order valence-corrected chi connectivity index (χ1v) is 7.48. The van der Waals surface area contributed by atoms with E-state index in [9.17, 15) is 9.59 Å². The van der Waals surface area contributed by atoms with E-state index in [0.29, 0.717) is 6.54 Å². The molecule has 120 valence electrons. The minimum Gasteiger partial charge on any atom is -0.350 e. The Bertz CT molecular complexity index is 699. The second-order valence-electron chi connectivity index (χ2n) is 5.51. The van der Waals surface area contributed by atoms with Crippen molar-refractivity contribution in [2.75, 3.05) is 11.4 Å². The van der Waals surface area contributed by atoms with Gasteiger partial charge in [0, 0.05) is 31.5 Å². The van der Waals surface area contributed by atoms with Crippen LogP contribution in [-0.4, -0.2) is 23.3 Å². The summed E-state index contributed by atoms with van der Waals surface area (Å²) in [7, 11) is 0. The number of aryl methyl sites for hydroxylation is 2. The Morgan fingerprint density at radius 1 is 1.17 bits per heavy atom. The molecule has 2 rings (SSSR count). The minimum atomic E-state index is -0.206. The first kappa shape index (κ1) is 16.7. The summed E-state index contributed by atoms with van der Waals surface area (Å²) in [5.74, 6) is -0.368. The van der Waals surface area contributed by atoms with Crippen LogP contribution in [0.25, 0.3) is 0 Å². The van der Waals surface area contributed by atoms with Crippen molar-refractivity contribution >= 4 is 17.5 Å². The molecule has 1 aromatic carbocycles. The Kier molecular flexibility index (Phi) is 5.46. The smallest absolute Gasteiger partial charge is 0.240 e. The summed E-state index contributed by atoms with van der Waals surface area (Å²) in [4.78, 5) is 29.5. The van der Waals surface area contributed by atoms with E-state index in [-0.39, 0.29) is 18.4 Å². The van der Waals surface area contributed by atoms with Crippen molar-refractivity contribution in [2.24, 2.45) is 0 Å². The first-order valence-electron chi connectivity index (χ1n) is 7.48. The molecular formula is C18H21N3O2. The molecule has 0 aliphatic rings. The normalized spacial score (nSPS) is 10.2. The molecule has 1 aromatic heterocycles. The van der Waals surface area contributed by atoms with Gasteiger partial charge in [-0.25, -0.2) is 0 Å². The van der Waals surface area contributed by atoms with E-state index in [2.05, 4.69) is 10.3 Å². The van der Waals surface area contributed by atoms with Crippen molar-refractivity contribution in [1.82, 2.24) is 10.3 Å². The first-order chi connectivity index (χ1) is 11.0. The molecule has 0 aliphatic carbocycles. The predicted molar refractivity (Wildman–Crippen MR) is 90.0 cm³/mol. The standard InChI is InChI=1S/C18H21N3O2/c1-13-6-7-17(9-14(13)2)21(15(3)22)12-18(23)20-11-16-5-4-8-19-10-16/h4-10H,11-12H2,1-3H3,(H,20,23). The zero-order chi connectivity index (χ0) is 16.8. The van der Waals surface area contributed by atoms with Gasteiger partial charge in [-0.2, -0.15) is 0 Å². The highest BCUT2D eigenvalue weighted by atomic mass is 16.2. The molecule has 0 saturated carbocycles. The van der Waals surface area contributed by atoms with E-state index in [0.717, 1.165) is 22.4 Å². The van der Waals surface area contributed by atoms with Gasteiger partial charge in [0.1, 0.15) is 6.54 Å². The molecule has 0 spiro atoms. The van der Waals surface area contributed by atoms with Crippen molar-refractivity contribution < 1.29 is 9.59 Å². The average molecular weight is 311 g/mol. The van der Waals surface area contributed by atoms with Crippen molar-refractivity contribution in [3.63, 3.8) is 0 Å². The number of pyridine rings is 1. The largest absolute Gasteiger partial charge is 0.350 e. The van der Waals surface area contributed by atoms with E-state index in [1.54, 1.807) is 12.4 Å². The van der Waals surface area contributed by atoms with Crippen LogP contribution in [0.15, 0.2) is 42.7 Å². The molecule has 0 fully saturated rings. The highest BCUT2D eigenvalue weighted by Gasteiger charge is 2.16. The average Bonchev–Trinajstić information content (AvgIpc) is 2.54. The summed E-state index contributed by atoms with van der Waals surface area (Å²) in [5.41, 5.74) is 3.89. The summed E-state index contributed by atoms with van der Waals surface area (Å²) in [6.07, 6.45) is 3.38. The number of hydrogen-bond acceptors (Lipinski definition) is 3. The van der Waals surface area contributed by atoms with Crippen LogP contribution in [0.3, 0.4) is 0 Å². The second-order valence-corrected chi connectivity index (χ2v) is 5.51. The highest BCUT2D eigenvalue weighted by Crippen LogP contribution is 2.18. The number of anilines is 1. The maximum atomic E-state index is 12.1. The fraction of sp³-hybridized carbons (Fsp3) is 0.278. The number of carbonyl (C=O) groups is 2. The fourth-order valence-corrected chi connectivity index (χ4v) is 2.18. The molecular weight excluding hydrogens is 290 g/mol. The quantitative estimate of drug-likeness (QED) is 0.922. The Morgan fingerprint density at radius 2 is 1.96 bits per heavy atom. The lowest BCUT2D eigenvalue weighted by Gasteiger charge is -2.21. The maximum absolute atomic E-state index is 12.1. The Labute approximate surface area is 136 Å². The SMILES string of the molecule is CC(=O)N(CC(=O)NCc1cccnc1)c1ccc(C)c(C)c1. The van der Waals surface area contributed by atoms with Gasteiger partial charge in [-0.15, -0.1) is 0 Å². The summed E-state index contributed by atoms with van der Waals surface area (Å²) in [5, 5.41) is 2.81. The van der Waals surface area contributed by atoms with Crippen LogP contribution >= 0.6 is 0 Å². The summed E-state index contributed by atoms with van der Waals surface area (Å²) in [6, 6.07) is 9.44. The fourth-order valence-electron chi connectivity index (χ4n) is 2.18. The van der Waals surface area contributed by atoms with Crippen LogP contribution in [0, 0.1) is 13.8 Å². The van der Waals surface area contributed by atoms with Crippen LogP contribution in [-0.2, 0) is 16.1 Å². The van der Waals surface area contributed by atoms with Crippen LogP contribution in [0.4, 0.5) is 5.69 Å². The molecule has 0 aliphatic heterocycles. The number of aromatic nitrogens is 1. The number of hydrogen-bond donors (Lipinski definition) is 1. The van der Waals surface area contributed by atoms with Crippen molar-refractivity contribution in [1.29, 1.82) is 0 Å². The van der Waals surface area contributed by atoms with Crippen molar-refractivity contribution in [3.05, 3.63) is 59.4 Å². The maximum Gasteiger partial charge on any atom is 0.240 e. The van der Waals surface area contributed by atoms with E-state index < -0.39 is 0 Å². The topological polar surface area (TPSA) is 62.3 Å². The van der Waals surface area contributed by atoms with Gasteiger partial charge in [0.25, 0.3) is 0 Å². The molecule has 0 unspecified atom stereocenters. The third-order valence-corrected chi connectivity index (χ3v) is 3.70. The van der Waals surface area contributed by atoms with Crippen LogP contribution in [0.5, 0.6) is 0 Å². The van der Waals surface area contributed by atoms with Crippen molar-refractivity contribution in [3.8, 4) is 0 Å². The molecule has 0 radical (unpaired) electrons. The van der Waals surface area contributed by atoms with Crippen molar-refractivity contribution in [2.45, 2.75) is 27.3 Å². The molecule has 1 N–H and O–H groups in total. The number of benzene rings is 1. The predicted octanol–water partition coefficient (Wildman–Crippen LogP) is 2.37. The molecule has 1 heterocycles. The molecule has 0 atom stereocenters. The van der Waals surface area contributed by atoms with E-state index in [1.807, 2.05) is 44.2 Å². The van der Waals surface area contributed by atoms with E-state index in [4.69, 9.17) is 0 Å². The molecule has 0 saturated heterocycles. The third kappa shape index (κ3) is 4.64. The summed E-state index contributed by atoms with van der Waals surface area (Å²) in [6.45, 7) is 5.85. The van der Waals surface area contributed by atoms with Crippen LogP contribution < -0.4 is 10.2 Å². The Morgan fingerprint density at radius 3 is 2.57 bits per heavy atom. The lowest BCUT2D eigenvalue weighted by molar-refractivity contribution is -0.123. The van der Waals surface area contributed by atoms with Gasteiger partial charge in [-0.05, 0) is 48.7 Å². The van der Waals surface area contributed by atoms with Gasteiger partial charge < -0.3 is 10.2 Å². The number of carbonyl (C=O) groups excluding carboxylic acids is 2. The van der Waals surface area contributed by atoms with Gasteiger partial charge in [0.05, 0.1) is 0 Å². The number of nitrogens with one attached hydrogen (secondary N) is 1. The minimum absolute atomic E-state index is 0.00189. The van der Waals surface area contributed by atoms with E-state index in [1.165, 1.54) is 11.8 Å². The van der Waals surface area contributed by atoms with Gasteiger partial charge in [-0.3, -0.25) is 14.6 Å².